The average Bonchev–Trinajstić information content (AvgIpc) is 2.69. The third kappa shape index (κ3) is 1.50. The number of rotatable bonds is 2. The molecule has 5 nitrogen and oxygen atoms in total. The van der Waals surface area contributed by atoms with Gasteiger partial charge in [0.05, 0.1) is 11.9 Å². The van der Waals surface area contributed by atoms with E-state index in [1.165, 1.54) is 6.20 Å². The zero-order valence-electron chi connectivity index (χ0n) is 9.40. The third-order valence-corrected chi connectivity index (χ3v) is 2.57. The average molecular weight is 219 g/mol. The normalized spacial score (nSPS) is 10.7. The molecule has 2 aromatic heterocycles. The molecule has 2 N–H and O–H groups in total. The molecule has 5 heteroatoms. The predicted octanol–water partition coefficient (Wildman–Crippen LogP) is 1.73. The fraction of sp³-hybridized carbons (Fsp3) is 0.273. The Labute approximate surface area is 92.7 Å². The minimum atomic E-state index is -0.957. The first-order valence-corrected chi connectivity index (χ1v) is 4.92. The summed E-state index contributed by atoms with van der Waals surface area (Å²) >= 11 is 0. The van der Waals surface area contributed by atoms with Crippen molar-refractivity contribution in [2.45, 2.75) is 13.8 Å². The Balaban J connectivity index is 2.67. The van der Waals surface area contributed by atoms with E-state index in [4.69, 9.17) is 5.11 Å². The lowest BCUT2D eigenvalue weighted by molar-refractivity contribution is 0.0697. The number of nitrogens with one attached hydrogen (secondary N) is 1. The maximum atomic E-state index is 11.1. The third-order valence-electron chi connectivity index (χ3n) is 2.57. The van der Waals surface area contributed by atoms with Crippen molar-refractivity contribution in [3.8, 4) is 11.3 Å². The van der Waals surface area contributed by atoms with Gasteiger partial charge in [0.15, 0.2) is 0 Å². The highest BCUT2D eigenvalue weighted by Gasteiger charge is 2.19. The molecule has 0 aliphatic carbocycles. The van der Waals surface area contributed by atoms with Crippen LogP contribution in [-0.2, 0) is 7.05 Å². The Hall–Kier alpha value is -2.04. The topological polar surface area (TPSA) is 70.9 Å². The van der Waals surface area contributed by atoms with Gasteiger partial charge >= 0.3 is 5.97 Å². The molecule has 84 valence electrons. The second-order valence-corrected chi connectivity index (χ2v) is 3.83. The summed E-state index contributed by atoms with van der Waals surface area (Å²) in [6, 6.07) is 1.93. The highest BCUT2D eigenvalue weighted by atomic mass is 16.4. The van der Waals surface area contributed by atoms with Crippen LogP contribution in [0.5, 0.6) is 0 Å². The quantitative estimate of drug-likeness (QED) is 0.808. The molecule has 0 aliphatic heterocycles. The number of aromatic amines is 1. The monoisotopic (exact) mass is 219 g/mol. The fourth-order valence-electron chi connectivity index (χ4n) is 1.88. The summed E-state index contributed by atoms with van der Waals surface area (Å²) < 4.78 is 1.58. The van der Waals surface area contributed by atoms with E-state index < -0.39 is 5.97 Å². The molecule has 0 saturated heterocycles. The van der Waals surface area contributed by atoms with Crippen molar-refractivity contribution in [3.05, 3.63) is 29.2 Å². The Kier molecular flexibility index (Phi) is 2.30. The Morgan fingerprint density at radius 3 is 2.69 bits per heavy atom. The zero-order chi connectivity index (χ0) is 11.9. The molecule has 0 saturated carbocycles. The zero-order valence-corrected chi connectivity index (χ0v) is 9.40. The van der Waals surface area contributed by atoms with E-state index in [-0.39, 0.29) is 5.56 Å². The Morgan fingerprint density at radius 2 is 2.19 bits per heavy atom. The highest BCUT2D eigenvalue weighted by Crippen LogP contribution is 2.27. The van der Waals surface area contributed by atoms with Crippen molar-refractivity contribution in [2.24, 2.45) is 7.05 Å². The minimum Gasteiger partial charge on any atom is -0.478 e. The maximum Gasteiger partial charge on any atom is 0.339 e. The lowest BCUT2D eigenvalue weighted by Gasteiger charge is -2.02. The summed E-state index contributed by atoms with van der Waals surface area (Å²) in [5.74, 6) is -0.957. The molecule has 0 aromatic carbocycles. The van der Waals surface area contributed by atoms with E-state index in [0.29, 0.717) is 5.69 Å². The first-order chi connectivity index (χ1) is 7.50. The van der Waals surface area contributed by atoms with Crippen molar-refractivity contribution in [1.82, 2.24) is 14.8 Å². The number of aromatic carboxylic acids is 1. The number of aryl methyl sites for hydroxylation is 3. The van der Waals surface area contributed by atoms with Gasteiger partial charge in [-0.25, -0.2) is 4.79 Å². The molecule has 2 aromatic rings. The van der Waals surface area contributed by atoms with Crippen LogP contribution in [0.4, 0.5) is 0 Å². The molecule has 0 spiro atoms. The SMILES string of the molecule is Cc1cc(-c2c(C(=O)O)cnn2C)c(C)[nH]1. The Bertz CT molecular complexity index is 552. The number of H-pyrrole nitrogens is 1. The molecular weight excluding hydrogens is 206 g/mol. The number of hydrogen-bond acceptors (Lipinski definition) is 2. The summed E-state index contributed by atoms with van der Waals surface area (Å²) in [6.45, 7) is 3.86. The lowest BCUT2D eigenvalue weighted by Crippen LogP contribution is -2.00. The van der Waals surface area contributed by atoms with Gasteiger partial charge < -0.3 is 10.1 Å². The highest BCUT2D eigenvalue weighted by molar-refractivity contribution is 5.95. The molecule has 0 radical (unpaired) electrons. The molecule has 0 aliphatic rings. The van der Waals surface area contributed by atoms with Gasteiger partial charge in [-0.05, 0) is 19.9 Å². The predicted molar refractivity (Wildman–Crippen MR) is 59.4 cm³/mol. The van der Waals surface area contributed by atoms with Crippen LogP contribution < -0.4 is 0 Å². The molecule has 2 heterocycles. The maximum absolute atomic E-state index is 11.1. The minimum absolute atomic E-state index is 0.226. The van der Waals surface area contributed by atoms with Gasteiger partial charge in [-0.3, -0.25) is 4.68 Å². The van der Waals surface area contributed by atoms with E-state index in [9.17, 15) is 4.79 Å². The number of hydrogen-bond donors (Lipinski definition) is 2. The van der Waals surface area contributed by atoms with E-state index in [0.717, 1.165) is 17.0 Å². The van der Waals surface area contributed by atoms with Crippen molar-refractivity contribution in [2.75, 3.05) is 0 Å². The van der Waals surface area contributed by atoms with E-state index in [2.05, 4.69) is 10.1 Å². The lowest BCUT2D eigenvalue weighted by atomic mass is 10.1. The second-order valence-electron chi connectivity index (χ2n) is 3.83. The molecule has 16 heavy (non-hydrogen) atoms. The van der Waals surface area contributed by atoms with Crippen LogP contribution in [0.15, 0.2) is 12.3 Å². The van der Waals surface area contributed by atoms with Crippen molar-refractivity contribution in [3.63, 3.8) is 0 Å². The van der Waals surface area contributed by atoms with Crippen LogP contribution in [0.3, 0.4) is 0 Å². The van der Waals surface area contributed by atoms with Crippen LogP contribution >= 0.6 is 0 Å². The van der Waals surface area contributed by atoms with Crippen LogP contribution in [0.1, 0.15) is 21.7 Å². The molecule has 0 fully saturated rings. The Morgan fingerprint density at radius 1 is 1.50 bits per heavy atom. The fourth-order valence-corrected chi connectivity index (χ4v) is 1.88. The smallest absolute Gasteiger partial charge is 0.339 e. The summed E-state index contributed by atoms with van der Waals surface area (Å²) in [7, 11) is 1.74. The van der Waals surface area contributed by atoms with Gasteiger partial charge in [-0.2, -0.15) is 5.10 Å². The van der Waals surface area contributed by atoms with Crippen LogP contribution in [0.2, 0.25) is 0 Å². The van der Waals surface area contributed by atoms with Gasteiger partial charge in [0.1, 0.15) is 5.56 Å². The molecule has 0 unspecified atom stereocenters. The summed E-state index contributed by atoms with van der Waals surface area (Å²) in [4.78, 5) is 14.2. The molecule has 2 rings (SSSR count). The van der Waals surface area contributed by atoms with E-state index in [1.807, 2.05) is 19.9 Å². The molecular formula is C11H13N3O2. The summed E-state index contributed by atoms with van der Waals surface area (Å²) in [5.41, 5.74) is 3.70. The van der Waals surface area contributed by atoms with Gasteiger partial charge in [-0.15, -0.1) is 0 Å². The number of nitrogens with zero attached hydrogens (tertiary/aromatic N) is 2. The van der Waals surface area contributed by atoms with E-state index in [1.54, 1.807) is 11.7 Å². The van der Waals surface area contributed by atoms with Crippen molar-refractivity contribution < 1.29 is 9.90 Å². The van der Waals surface area contributed by atoms with Crippen LogP contribution in [0.25, 0.3) is 11.3 Å². The number of carboxylic acid groups (broad SMARTS) is 1. The molecule has 0 bridgehead atoms. The van der Waals surface area contributed by atoms with E-state index >= 15 is 0 Å². The number of carbonyl (C=O) groups is 1. The van der Waals surface area contributed by atoms with Crippen LogP contribution in [0, 0.1) is 13.8 Å². The standard InChI is InChI=1S/C11H13N3O2/c1-6-4-8(7(2)13-6)10-9(11(15)16)5-12-14(10)3/h4-5,13H,1-3H3,(H,15,16). The first kappa shape index (κ1) is 10.5. The van der Waals surface area contributed by atoms with Gasteiger partial charge in [0.2, 0.25) is 0 Å². The van der Waals surface area contributed by atoms with Crippen molar-refractivity contribution in [1.29, 1.82) is 0 Å². The summed E-state index contributed by atoms with van der Waals surface area (Å²) in [6.07, 6.45) is 1.37. The van der Waals surface area contributed by atoms with Crippen LogP contribution in [-0.4, -0.2) is 25.8 Å². The molecule has 0 atom stereocenters. The second kappa shape index (κ2) is 3.52. The first-order valence-electron chi connectivity index (χ1n) is 4.92. The van der Waals surface area contributed by atoms with Gasteiger partial charge in [-0.1, -0.05) is 0 Å². The summed E-state index contributed by atoms with van der Waals surface area (Å²) in [5, 5.41) is 13.1. The van der Waals surface area contributed by atoms with Crippen molar-refractivity contribution >= 4 is 5.97 Å². The van der Waals surface area contributed by atoms with Gasteiger partial charge in [0.25, 0.3) is 0 Å². The largest absolute Gasteiger partial charge is 0.478 e. The number of carboxylic acids is 1. The van der Waals surface area contributed by atoms with Gasteiger partial charge in [0, 0.05) is 24.0 Å². The number of aromatic nitrogens is 3. The molecule has 0 amide bonds.